The Bertz CT molecular complexity index is 452. The smallest absolute Gasteiger partial charge is 0.291 e. The number of allylic oxidation sites excluding steroid dienone is 1. The van der Waals surface area contributed by atoms with Gasteiger partial charge < -0.3 is 0 Å². The highest BCUT2D eigenvalue weighted by Gasteiger charge is 2.48. The lowest BCUT2D eigenvalue weighted by Crippen LogP contribution is -2.88. The van der Waals surface area contributed by atoms with Gasteiger partial charge in [0, 0.05) is 5.92 Å². The number of unbranched alkanes of at least 4 members (excludes halogenated alkanes) is 3. The lowest BCUT2D eigenvalue weighted by molar-refractivity contribution is -0.516. The first-order valence-electron chi connectivity index (χ1n) is 9.63. The normalized spacial score (nSPS) is 33.5. The molecule has 3 rings (SSSR count). The minimum atomic E-state index is 0.592. The zero-order chi connectivity index (χ0) is 15.5. The fraction of sp³-hybridized carbons (Fsp3) is 0.842. The highest BCUT2D eigenvalue weighted by molar-refractivity contribution is 5.75. The molecule has 4 atom stereocenters. The van der Waals surface area contributed by atoms with Gasteiger partial charge in [-0.15, -0.1) is 0 Å². The van der Waals surface area contributed by atoms with E-state index in [9.17, 15) is 0 Å². The molecule has 0 saturated heterocycles. The van der Waals surface area contributed by atoms with Crippen molar-refractivity contribution in [2.75, 3.05) is 0 Å². The molecule has 0 radical (unpaired) electrons. The standard InChI is InChI=1S/C19H33N3/c1-3-5-6-7-9-15-13(8-4-2)12-14-10-11-16-17(14)18(15)22-19(20)21-16/h13-14,16-17H,3-12H2,1-2H3,(H3,20,21,22)/p+1/t13-,14+,16+,17-/m1/s1. The topological polar surface area (TPSA) is 52.0 Å². The van der Waals surface area contributed by atoms with Crippen LogP contribution in [0.4, 0.5) is 0 Å². The van der Waals surface area contributed by atoms with E-state index in [-0.39, 0.29) is 0 Å². The first-order chi connectivity index (χ1) is 10.7. The number of rotatable bonds is 7. The Morgan fingerprint density at radius 3 is 2.77 bits per heavy atom. The molecule has 0 aromatic rings. The molecule has 0 aromatic heterocycles. The first-order valence-corrected chi connectivity index (χ1v) is 9.63. The van der Waals surface area contributed by atoms with Gasteiger partial charge in [-0.1, -0.05) is 39.5 Å². The molecule has 3 nitrogen and oxygen atoms in total. The average molecular weight is 305 g/mol. The molecule has 0 spiro atoms. The van der Waals surface area contributed by atoms with Crippen LogP contribution >= 0.6 is 0 Å². The zero-order valence-electron chi connectivity index (χ0n) is 14.5. The van der Waals surface area contributed by atoms with Crippen LogP contribution in [0.15, 0.2) is 11.3 Å². The Morgan fingerprint density at radius 1 is 1.14 bits per heavy atom. The molecule has 1 heterocycles. The summed E-state index contributed by atoms with van der Waals surface area (Å²) in [6.07, 6.45) is 13.5. The van der Waals surface area contributed by atoms with E-state index in [1.165, 1.54) is 69.9 Å². The molecule has 4 N–H and O–H groups in total. The second-order valence-corrected chi connectivity index (χ2v) is 7.62. The molecular formula is C19H34N3+. The molecule has 0 aromatic carbocycles. The lowest BCUT2D eigenvalue weighted by atomic mass is 9.70. The molecule has 124 valence electrons. The Kier molecular flexibility index (Phi) is 5.10. The molecular weight excluding hydrogens is 270 g/mol. The summed E-state index contributed by atoms with van der Waals surface area (Å²) in [5, 5.41) is 3.56. The van der Waals surface area contributed by atoms with Crippen LogP contribution in [0.1, 0.15) is 78.1 Å². The largest absolute Gasteiger partial charge is 0.346 e. The Hall–Kier alpha value is -0.990. The molecule has 0 unspecified atom stereocenters. The fourth-order valence-electron chi connectivity index (χ4n) is 5.15. The molecule has 2 aliphatic carbocycles. The monoisotopic (exact) mass is 304 g/mol. The maximum atomic E-state index is 6.14. The van der Waals surface area contributed by atoms with Crippen LogP contribution in [0, 0.1) is 17.8 Å². The summed E-state index contributed by atoms with van der Waals surface area (Å²) in [6, 6.07) is 0.592. The summed E-state index contributed by atoms with van der Waals surface area (Å²) in [4.78, 5) is 3.50. The van der Waals surface area contributed by atoms with E-state index in [0.717, 1.165) is 17.8 Å². The molecule has 0 bridgehead atoms. The summed E-state index contributed by atoms with van der Waals surface area (Å²) < 4.78 is 0. The molecule has 3 aliphatic rings. The van der Waals surface area contributed by atoms with Crippen LogP contribution in [-0.4, -0.2) is 12.0 Å². The molecule has 0 amide bonds. The van der Waals surface area contributed by atoms with Gasteiger partial charge in [-0.05, 0) is 55.9 Å². The van der Waals surface area contributed by atoms with Gasteiger partial charge in [-0.25, -0.2) is 5.32 Å². The van der Waals surface area contributed by atoms with Crippen LogP contribution in [0.5, 0.6) is 0 Å². The predicted molar refractivity (Wildman–Crippen MR) is 92.1 cm³/mol. The second-order valence-electron chi connectivity index (χ2n) is 7.62. The molecule has 1 saturated carbocycles. The first kappa shape index (κ1) is 15.9. The van der Waals surface area contributed by atoms with E-state index in [0.29, 0.717) is 12.0 Å². The van der Waals surface area contributed by atoms with Gasteiger partial charge in [0.1, 0.15) is 0 Å². The number of guanidine groups is 1. The van der Waals surface area contributed by atoms with Crippen LogP contribution < -0.4 is 16.0 Å². The average Bonchev–Trinajstić information content (AvgIpc) is 2.89. The minimum absolute atomic E-state index is 0.592. The molecule has 1 fully saturated rings. The van der Waals surface area contributed by atoms with Gasteiger partial charge in [0.25, 0.3) is 0 Å². The quantitative estimate of drug-likeness (QED) is 0.633. The van der Waals surface area contributed by atoms with Crippen molar-refractivity contribution in [3.63, 3.8) is 0 Å². The van der Waals surface area contributed by atoms with E-state index in [1.54, 1.807) is 5.57 Å². The van der Waals surface area contributed by atoms with Crippen molar-refractivity contribution in [3.05, 3.63) is 11.3 Å². The van der Waals surface area contributed by atoms with E-state index >= 15 is 0 Å². The number of nitrogens with two attached hydrogens (primary N) is 1. The van der Waals surface area contributed by atoms with Crippen molar-refractivity contribution in [2.24, 2.45) is 23.5 Å². The van der Waals surface area contributed by atoms with Crippen LogP contribution in [0.2, 0.25) is 0 Å². The van der Waals surface area contributed by atoms with Gasteiger partial charge in [-0.3, -0.25) is 10.7 Å². The number of hydrogen-bond acceptors (Lipinski definition) is 2. The number of nitrogens with one attached hydrogen (secondary N) is 2. The lowest BCUT2D eigenvalue weighted by Gasteiger charge is -2.38. The summed E-state index contributed by atoms with van der Waals surface area (Å²) in [5.41, 5.74) is 9.41. The van der Waals surface area contributed by atoms with Crippen molar-refractivity contribution >= 4 is 5.96 Å². The Morgan fingerprint density at radius 2 is 2.00 bits per heavy atom. The van der Waals surface area contributed by atoms with Crippen molar-refractivity contribution < 1.29 is 4.99 Å². The maximum absolute atomic E-state index is 6.14. The van der Waals surface area contributed by atoms with Gasteiger partial charge in [0.15, 0.2) is 0 Å². The number of hydrogen-bond donors (Lipinski definition) is 3. The van der Waals surface area contributed by atoms with E-state index in [2.05, 4.69) is 24.2 Å². The second kappa shape index (κ2) is 7.06. The van der Waals surface area contributed by atoms with Crippen molar-refractivity contribution in [3.8, 4) is 0 Å². The Labute approximate surface area is 135 Å². The predicted octanol–water partition coefficient (Wildman–Crippen LogP) is 2.42. The third-order valence-corrected chi connectivity index (χ3v) is 6.10. The van der Waals surface area contributed by atoms with Gasteiger partial charge in [0.05, 0.1) is 11.7 Å². The summed E-state index contributed by atoms with van der Waals surface area (Å²) >= 11 is 0. The van der Waals surface area contributed by atoms with Crippen molar-refractivity contribution in [1.82, 2.24) is 5.32 Å². The highest BCUT2D eigenvalue weighted by atomic mass is 15.2. The summed E-state index contributed by atoms with van der Waals surface area (Å²) in [6.45, 7) is 4.62. The van der Waals surface area contributed by atoms with Crippen molar-refractivity contribution in [1.29, 1.82) is 0 Å². The van der Waals surface area contributed by atoms with Gasteiger partial charge >= 0.3 is 5.96 Å². The van der Waals surface area contributed by atoms with Crippen LogP contribution in [0.3, 0.4) is 0 Å². The minimum Gasteiger partial charge on any atom is -0.291 e. The van der Waals surface area contributed by atoms with Gasteiger partial charge in [0.2, 0.25) is 0 Å². The van der Waals surface area contributed by atoms with Crippen molar-refractivity contribution in [2.45, 2.75) is 84.1 Å². The SMILES string of the molecule is CCCCCCC1=C2NC(N)=[NH+][C@H]3CC[C@@H](C[C@H]1CCC)[C@@H]23. The highest BCUT2D eigenvalue weighted by Crippen LogP contribution is 2.48. The van der Waals surface area contributed by atoms with Gasteiger partial charge in [-0.2, -0.15) is 0 Å². The van der Waals surface area contributed by atoms with Crippen LogP contribution in [0.25, 0.3) is 0 Å². The molecule has 1 aliphatic heterocycles. The third-order valence-electron chi connectivity index (χ3n) is 6.10. The summed E-state index contributed by atoms with van der Waals surface area (Å²) in [5.74, 6) is 3.19. The third kappa shape index (κ3) is 3.04. The van der Waals surface area contributed by atoms with E-state index in [1.807, 2.05) is 0 Å². The fourth-order valence-corrected chi connectivity index (χ4v) is 5.15. The molecule has 3 heteroatoms. The Balaban J connectivity index is 1.83. The van der Waals surface area contributed by atoms with E-state index < -0.39 is 0 Å². The maximum Gasteiger partial charge on any atom is 0.346 e. The van der Waals surface area contributed by atoms with Crippen LogP contribution in [-0.2, 0) is 0 Å². The molecule has 22 heavy (non-hydrogen) atoms. The zero-order valence-corrected chi connectivity index (χ0v) is 14.5. The van der Waals surface area contributed by atoms with E-state index in [4.69, 9.17) is 5.73 Å². The summed E-state index contributed by atoms with van der Waals surface area (Å²) in [7, 11) is 0.